The summed E-state index contributed by atoms with van der Waals surface area (Å²) < 4.78 is 45.2. The van der Waals surface area contributed by atoms with Gasteiger partial charge in [-0.1, -0.05) is 17.9 Å². The number of halogens is 2. The van der Waals surface area contributed by atoms with Gasteiger partial charge in [0, 0.05) is 62.5 Å². The molecule has 1 saturated carbocycles. The summed E-state index contributed by atoms with van der Waals surface area (Å²) in [5.41, 5.74) is 2.49. The number of nitrogens with zero attached hydrogens (tertiary/aromatic N) is 9. The number of fused-ring (bicyclic) bond motifs is 2. The average molecular weight is 852 g/mol. The first-order chi connectivity index (χ1) is 30.1. The molecule has 0 radical (unpaired) electrons. The Bertz CT molecular complexity index is 2530. The largest absolute Gasteiger partial charge is 0.375 e. The Labute approximate surface area is 357 Å². The number of benzene rings is 1. The summed E-state index contributed by atoms with van der Waals surface area (Å²) in [7, 11) is 0. The highest BCUT2D eigenvalue weighted by atomic mass is 19.3. The smallest absolute Gasteiger partial charge is 0.284 e. The Morgan fingerprint density at radius 2 is 1.89 bits per heavy atom. The summed E-state index contributed by atoms with van der Waals surface area (Å²) in [4.78, 5) is 47.0. The van der Waals surface area contributed by atoms with Gasteiger partial charge in [0.2, 0.25) is 5.91 Å². The molecule has 9 rings (SSSR count). The summed E-state index contributed by atoms with van der Waals surface area (Å²) in [5, 5.41) is 19.2. The lowest BCUT2D eigenvalue weighted by Gasteiger charge is -2.36. The van der Waals surface area contributed by atoms with Crippen LogP contribution >= 0.6 is 0 Å². The van der Waals surface area contributed by atoms with E-state index in [1.54, 1.807) is 21.8 Å². The van der Waals surface area contributed by atoms with Crippen LogP contribution in [-0.2, 0) is 19.1 Å². The first-order valence-corrected chi connectivity index (χ1v) is 21.6. The van der Waals surface area contributed by atoms with Gasteiger partial charge in [0.1, 0.15) is 24.0 Å². The Morgan fingerprint density at radius 1 is 1.06 bits per heavy atom. The first-order valence-electron chi connectivity index (χ1n) is 21.6. The zero-order valence-corrected chi connectivity index (χ0v) is 34.9. The van der Waals surface area contributed by atoms with E-state index < -0.39 is 24.1 Å². The molecule has 1 unspecified atom stereocenters. The van der Waals surface area contributed by atoms with Crippen molar-refractivity contribution in [1.29, 1.82) is 0 Å². The standard InChI is InChI=1S/C44H51F2N11O5/c1-27-24-54(20-22-61-27)37-16-19-55-42(49-37)33(23-47-55)43(59)48-34-26-56(52-40(34)41(45)46)31-10-8-29(9-11-31)25-53-17-14-32(15-18-53)62-21-4-6-30-5-3-7-35-39(30)28(2)51-57(35)36-12-13-38(58)50-44(36)60/h3,5,7,16,19,23,26-27,29,31-32,36,41H,8-15,17-18,20-22,24-25H2,1-2H3,(H,48,59)(H,50,58,60)/t27-,29?,31?,36?/m1/s1. The number of hydrogen-bond acceptors (Lipinski definition) is 11. The lowest BCUT2D eigenvalue weighted by molar-refractivity contribution is -0.135. The monoisotopic (exact) mass is 851 g/mol. The second-order valence-corrected chi connectivity index (χ2v) is 16.9. The molecule has 1 aliphatic carbocycles. The third-order valence-electron chi connectivity index (χ3n) is 12.6. The van der Waals surface area contributed by atoms with Crippen LogP contribution in [-0.4, -0.2) is 115 Å². The van der Waals surface area contributed by atoms with Crippen LogP contribution in [0.15, 0.2) is 42.9 Å². The molecule has 0 bridgehead atoms. The number of morpholine rings is 1. The van der Waals surface area contributed by atoms with Crippen LogP contribution in [0.2, 0.25) is 0 Å². The summed E-state index contributed by atoms with van der Waals surface area (Å²) in [5.74, 6) is 6.47. The maximum absolute atomic E-state index is 14.3. The molecular formula is C44H51F2N11O5. The Kier molecular flexibility index (Phi) is 12.0. The van der Waals surface area contributed by atoms with Crippen LogP contribution in [0, 0.1) is 24.7 Å². The Morgan fingerprint density at radius 3 is 2.66 bits per heavy atom. The van der Waals surface area contributed by atoms with Crippen molar-refractivity contribution in [1.82, 2.24) is 44.4 Å². The summed E-state index contributed by atoms with van der Waals surface area (Å²) >= 11 is 0. The molecule has 7 heterocycles. The van der Waals surface area contributed by atoms with E-state index in [1.807, 2.05) is 38.1 Å². The molecule has 3 amide bonds. The number of rotatable bonds is 10. The maximum atomic E-state index is 14.3. The minimum absolute atomic E-state index is 0.00722. The fourth-order valence-electron chi connectivity index (χ4n) is 9.40. The molecule has 18 heteroatoms. The van der Waals surface area contributed by atoms with Crippen molar-refractivity contribution in [3.63, 3.8) is 0 Å². The number of carbonyl (C=O) groups excluding carboxylic acids is 3. The molecule has 4 aliphatic rings. The fraction of sp³-hybridized carbons (Fsp3) is 0.523. The molecule has 4 aromatic heterocycles. The average Bonchev–Trinajstić information content (AvgIpc) is 3.99. The molecule has 0 spiro atoms. The van der Waals surface area contributed by atoms with Crippen LogP contribution in [0.1, 0.15) is 104 Å². The number of carbonyl (C=O) groups is 3. The van der Waals surface area contributed by atoms with Crippen molar-refractivity contribution in [2.45, 2.75) is 95.9 Å². The highest BCUT2D eigenvalue weighted by Crippen LogP contribution is 2.36. The van der Waals surface area contributed by atoms with Crippen molar-refractivity contribution in [2.75, 3.05) is 56.2 Å². The molecule has 3 saturated heterocycles. The molecule has 3 aliphatic heterocycles. The zero-order valence-electron chi connectivity index (χ0n) is 34.9. The van der Waals surface area contributed by atoms with Crippen LogP contribution in [0.5, 0.6) is 0 Å². The number of hydrogen-bond donors (Lipinski definition) is 2. The van der Waals surface area contributed by atoms with Gasteiger partial charge in [0.15, 0.2) is 11.3 Å². The van der Waals surface area contributed by atoms with Gasteiger partial charge in [-0.05, 0) is 82.9 Å². The number of imide groups is 1. The molecule has 4 fully saturated rings. The summed E-state index contributed by atoms with van der Waals surface area (Å²) in [6.07, 6.45) is 8.07. The minimum Gasteiger partial charge on any atom is -0.375 e. The number of piperidine rings is 2. The SMILES string of the molecule is Cc1nn(C2CCC(=O)NC2=O)c2cccc(C#CCOC3CCN(CC4CCC(n5cc(NC(=O)c6cnn7ccc(N8CCO[C@H](C)C8)nc67)c(C(F)F)n5)CC4)CC3)c12. The topological polar surface area (TPSA) is 166 Å². The molecule has 326 valence electrons. The number of ether oxygens (including phenoxy) is 2. The predicted octanol–water partition coefficient (Wildman–Crippen LogP) is 5.24. The number of amides is 3. The van der Waals surface area contributed by atoms with E-state index >= 15 is 0 Å². The fourth-order valence-corrected chi connectivity index (χ4v) is 9.40. The summed E-state index contributed by atoms with van der Waals surface area (Å²) in [6, 6.07) is 7.04. The van der Waals surface area contributed by atoms with Crippen molar-refractivity contribution in [3.8, 4) is 11.8 Å². The Hall–Kier alpha value is -5.77. The quantitative estimate of drug-likeness (QED) is 0.139. The number of aryl methyl sites for hydroxylation is 1. The molecule has 16 nitrogen and oxygen atoms in total. The van der Waals surface area contributed by atoms with Gasteiger partial charge in [-0.25, -0.2) is 18.3 Å². The van der Waals surface area contributed by atoms with E-state index in [4.69, 9.17) is 14.5 Å². The van der Waals surface area contributed by atoms with Gasteiger partial charge in [-0.15, -0.1) is 0 Å². The van der Waals surface area contributed by atoms with E-state index in [2.05, 4.69) is 47.6 Å². The molecule has 2 N–H and O–H groups in total. The van der Waals surface area contributed by atoms with Crippen LogP contribution in [0.25, 0.3) is 16.6 Å². The number of aromatic nitrogens is 7. The van der Waals surface area contributed by atoms with Gasteiger partial charge < -0.3 is 24.6 Å². The second kappa shape index (κ2) is 17.9. The number of anilines is 2. The van der Waals surface area contributed by atoms with Gasteiger partial charge in [0.25, 0.3) is 18.2 Å². The van der Waals surface area contributed by atoms with Crippen LogP contribution in [0.4, 0.5) is 20.3 Å². The first kappa shape index (κ1) is 41.6. The Balaban J connectivity index is 0.744. The lowest BCUT2D eigenvalue weighted by Crippen LogP contribution is -2.42. The van der Waals surface area contributed by atoms with E-state index in [0.29, 0.717) is 50.1 Å². The van der Waals surface area contributed by atoms with E-state index in [-0.39, 0.29) is 47.7 Å². The summed E-state index contributed by atoms with van der Waals surface area (Å²) in [6.45, 7) is 8.97. The van der Waals surface area contributed by atoms with Crippen LogP contribution < -0.4 is 15.5 Å². The highest BCUT2D eigenvalue weighted by molar-refractivity contribution is 6.08. The highest BCUT2D eigenvalue weighted by Gasteiger charge is 2.32. The maximum Gasteiger partial charge on any atom is 0.284 e. The van der Waals surface area contributed by atoms with Crippen molar-refractivity contribution >= 4 is 45.8 Å². The third kappa shape index (κ3) is 8.79. The van der Waals surface area contributed by atoms with E-state index in [1.165, 1.54) is 10.7 Å². The molecule has 2 atom stereocenters. The van der Waals surface area contributed by atoms with E-state index in [9.17, 15) is 23.2 Å². The van der Waals surface area contributed by atoms with Crippen molar-refractivity contribution in [3.05, 3.63) is 65.4 Å². The van der Waals surface area contributed by atoms with E-state index in [0.717, 1.165) is 80.3 Å². The number of nitrogens with one attached hydrogen (secondary N) is 2. The number of likely N-dealkylation sites (tertiary alicyclic amines) is 1. The van der Waals surface area contributed by atoms with Gasteiger partial charge >= 0.3 is 0 Å². The third-order valence-corrected chi connectivity index (χ3v) is 12.6. The predicted molar refractivity (Wildman–Crippen MR) is 225 cm³/mol. The molecule has 62 heavy (non-hydrogen) atoms. The minimum atomic E-state index is -2.86. The lowest BCUT2D eigenvalue weighted by atomic mass is 9.85. The second-order valence-electron chi connectivity index (χ2n) is 16.9. The molecule has 5 aromatic rings. The van der Waals surface area contributed by atoms with Gasteiger partial charge in [0.05, 0.1) is 48.0 Å². The zero-order chi connectivity index (χ0) is 42.9. The van der Waals surface area contributed by atoms with Crippen LogP contribution in [0.3, 0.4) is 0 Å². The normalized spacial score (nSPS) is 22.9. The van der Waals surface area contributed by atoms with Gasteiger partial charge in [-0.2, -0.15) is 15.3 Å². The van der Waals surface area contributed by atoms with Gasteiger partial charge in [-0.3, -0.25) is 29.1 Å². The molecular weight excluding hydrogens is 801 g/mol. The van der Waals surface area contributed by atoms with Crippen molar-refractivity contribution in [2.24, 2.45) is 5.92 Å². The van der Waals surface area contributed by atoms with Crippen molar-refractivity contribution < 1.29 is 32.6 Å². The number of alkyl halides is 2. The molecule has 1 aromatic carbocycles.